The van der Waals surface area contributed by atoms with Crippen LogP contribution in [0.25, 0.3) is 0 Å². The van der Waals surface area contributed by atoms with E-state index >= 15 is 0 Å². The maximum Gasteiger partial charge on any atom is 0.239 e. The molecule has 0 unspecified atom stereocenters. The van der Waals surface area contributed by atoms with Crippen LogP contribution in [0.15, 0.2) is 6.20 Å². The highest BCUT2D eigenvalue weighted by Gasteiger charge is 2.09. The number of nitrogens with two attached hydrogens (primary N) is 1. The van der Waals surface area contributed by atoms with Crippen molar-refractivity contribution >= 4 is 23.4 Å². The smallest absolute Gasteiger partial charge is 0.239 e. The molecule has 3 N–H and O–H groups in total. The topological polar surface area (TPSA) is 67.1 Å². The van der Waals surface area contributed by atoms with Crippen molar-refractivity contribution in [2.75, 3.05) is 23.9 Å². The van der Waals surface area contributed by atoms with E-state index < -0.39 is 0 Å². The van der Waals surface area contributed by atoms with Gasteiger partial charge in [0.15, 0.2) is 5.82 Å². The van der Waals surface area contributed by atoms with Crippen LogP contribution in [0.2, 0.25) is 5.02 Å². The van der Waals surface area contributed by atoms with Gasteiger partial charge in [-0.3, -0.25) is 5.43 Å². The molecule has 0 fully saturated rings. The Kier molecular flexibility index (Phi) is 5.28. The summed E-state index contributed by atoms with van der Waals surface area (Å²) in [5, 5.41) is 0.540. The Balaban J connectivity index is 2.69. The standard InChI is InChI=1S/C10H18ClN5/c1-3-4-5-6-16(2)9-8(11)7-13-10(14-9)15-12/h7H,3-6,12H2,1-2H3,(H,13,14,15). The molecular weight excluding hydrogens is 226 g/mol. The van der Waals surface area contributed by atoms with Gasteiger partial charge >= 0.3 is 0 Å². The first-order chi connectivity index (χ1) is 7.69. The molecule has 0 spiro atoms. The molecule has 0 aliphatic carbocycles. The molecule has 6 heteroatoms. The van der Waals surface area contributed by atoms with Gasteiger partial charge in [-0.1, -0.05) is 31.4 Å². The molecule has 5 nitrogen and oxygen atoms in total. The molecule has 0 saturated carbocycles. The van der Waals surface area contributed by atoms with Gasteiger partial charge in [0, 0.05) is 13.6 Å². The summed E-state index contributed by atoms with van der Waals surface area (Å²) in [5.74, 6) is 6.34. The van der Waals surface area contributed by atoms with Gasteiger partial charge in [0.25, 0.3) is 0 Å². The van der Waals surface area contributed by atoms with E-state index in [4.69, 9.17) is 17.4 Å². The highest BCUT2D eigenvalue weighted by Crippen LogP contribution is 2.22. The van der Waals surface area contributed by atoms with Crippen molar-refractivity contribution in [2.24, 2.45) is 5.84 Å². The number of aromatic nitrogens is 2. The van der Waals surface area contributed by atoms with Crippen LogP contribution >= 0.6 is 11.6 Å². The first-order valence-electron chi connectivity index (χ1n) is 5.39. The van der Waals surface area contributed by atoms with E-state index in [-0.39, 0.29) is 0 Å². The number of anilines is 2. The van der Waals surface area contributed by atoms with Crippen molar-refractivity contribution in [2.45, 2.75) is 26.2 Å². The number of nitrogen functional groups attached to an aromatic ring is 1. The monoisotopic (exact) mass is 243 g/mol. The second-order valence-electron chi connectivity index (χ2n) is 3.64. The summed E-state index contributed by atoms with van der Waals surface area (Å²) in [7, 11) is 1.96. The molecule has 0 amide bonds. The molecule has 90 valence electrons. The van der Waals surface area contributed by atoms with Crippen LogP contribution in [-0.4, -0.2) is 23.6 Å². The largest absolute Gasteiger partial charge is 0.358 e. The van der Waals surface area contributed by atoms with Crippen molar-refractivity contribution in [3.8, 4) is 0 Å². The van der Waals surface area contributed by atoms with E-state index in [1.54, 1.807) is 6.20 Å². The predicted molar refractivity (Wildman–Crippen MR) is 67.6 cm³/mol. The number of hydrogen-bond donors (Lipinski definition) is 2. The maximum atomic E-state index is 6.03. The highest BCUT2D eigenvalue weighted by molar-refractivity contribution is 6.32. The molecule has 0 aliphatic heterocycles. The Hall–Kier alpha value is -1.07. The third-order valence-corrected chi connectivity index (χ3v) is 2.58. The van der Waals surface area contributed by atoms with E-state index in [1.807, 2.05) is 11.9 Å². The van der Waals surface area contributed by atoms with Crippen LogP contribution < -0.4 is 16.2 Å². The van der Waals surface area contributed by atoms with Gasteiger partial charge in [-0.25, -0.2) is 10.8 Å². The summed E-state index contributed by atoms with van der Waals surface area (Å²) < 4.78 is 0. The number of hydrogen-bond acceptors (Lipinski definition) is 5. The molecule has 1 aromatic rings. The number of unbranched alkanes of at least 4 members (excludes halogenated alkanes) is 2. The van der Waals surface area contributed by atoms with Gasteiger partial charge < -0.3 is 4.90 Å². The highest BCUT2D eigenvalue weighted by atomic mass is 35.5. The van der Waals surface area contributed by atoms with Gasteiger partial charge in [-0.05, 0) is 6.42 Å². The summed E-state index contributed by atoms with van der Waals surface area (Å²) >= 11 is 6.03. The number of nitrogens with zero attached hydrogens (tertiary/aromatic N) is 3. The van der Waals surface area contributed by atoms with E-state index in [9.17, 15) is 0 Å². The Morgan fingerprint density at radius 1 is 1.50 bits per heavy atom. The quantitative estimate of drug-likeness (QED) is 0.455. The van der Waals surface area contributed by atoms with Crippen molar-refractivity contribution in [1.29, 1.82) is 0 Å². The minimum absolute atomic E-state index is 0.377. The van der Waals surface area contributed by atoms with E-state index in [0.717, 1.165) is 13.0 Å². The van der Waals surface area contributed by atoms with Crippen LogP contribution in [-0.2, 0) is 0 Å². The second-order valence-corrected chi connectivity index (χ2v) is 4.05. The third-order valence-electron chi connectivity index (χ3n) is 2.31. The Morgan fingerprint density at radius 2 is 2.25 bits per heavy atom. The second kappa shape index (κ2) is 6.50. The third kappa shape index (κ3) is 3.50. The van der Waals surface area contributed by atoms with E-state index in [2.05, 4.69) is 22.3 Å². The fourth-order valence-corrected chi connectivity index (χ4v) is 1.64. The average Bonchev–Trinajstić information content (AvgIpc) is 2.30. The van der Waals surface area contributed by atoms with Gasteiger partial charge in [0.2, 0.25) is 5.95 Å². The normalized spacial score (nSPS) is 10.2. The summed E-state index contributed by atoms with van der Waals surface area (Å²) in [6.45, 7) is 3.10. The minimum Gasteiger partial charge on any atom is -0.358 e. The SMILES string of the molecule is CCCCCN(C)c1nc(NN)ncc1Cl. The van der Waals surface area contributed by atoms with Gasteiger partial charge in [0.05, 0.1) is 6.20 Å². The van der Waals surface area contributed by atoms with Crippen LogP contribution in [0.3, 0.4) is 0 Å². The lowest BCUT2D eigenvalue weighted by Gasteiger charge is -2.19. The zero-order valence-electron chi connectivity index (χ0n) is 9.70. The molecular formula is C10H18ClN5. The molecule has 0 bridgehead atoms. The van der Waals surface area contributed by atoms with Crippen molar-refractivity contribution in [3.63, 3.8) is 0 Å². The molecule has 1 rings (SSSR count). The number of nitrogens with one attached hydrogen (secondary N) is 1. The van der Waals surface area contributed by atoms with Gasteiger partial charge in [-0.15, -0.1) is 0 Å². The van der Waals surface area contributed by atoms with Crippen molar-refractivity contribution in [1.82, 2.24) is 9.97 Å². The molecule has 1 aromatic heterocycles. The molecule has 0 aromatic carbocycles. The average molecular weight is 244 g/mol. The van der Waals surface area contributed by atoms with E-state index in [0.29, 0.717) is 16.8 Å². The maximum absolute atomic E-state index is 6.03. The Morgan fingerprint density at radius 3 is 2.88 bits per heavy atom. The number of hydrazine groups is 1. The van der Waals surface area contributed by atoms with Gasteiger partial charge in [-0.2, -0.15) is 4.98 Å². The lowest BCUT2D eigenvalue weighted by Crippen LogP contribution is -2.21. The molecule has 16 heavy (non-hydrogen) atoms. The molecule has 0 radical (unpaired) electrons. The zero-order chi connectivity index (χ0) is 12.0. The molecule has 0 aliphatic rings. The fourth-order valence-electron chi connectivity index (χ4n) is 1.40. The van der Waals surface area contributed by atoms with Crippen molar-refractivity contribution in [3.05, 3.63) is 11.2 Å². The molecule has 0 atom stereocenters. The fraction of sp³-hybridized carbons (Fsp3) is 0.600. The van der Waals surface area contributed by atoms with Gasteiger partial charge in [0.1, 0.15) is 5.02 Å². The van der Waals surface area contributed by atoms with Crippen LogP contribution in [0.4, 0.5) is 11.8 Å². The first kappa shape index (κ1) is 13.0. The summed E-state index contributed by atoms with van der Waals surface area (Å²) in [4.78, 5) is 10.2. The van der Waals surface area contributed by atoms with Crippen LogP contribution in [0.1, 0.15) is 26.2 Å². The summed E-state index contributed by atoms with van der Waals surface area (Å²) in [5.41, 5.74) is 2.41. The molecule has 0 saturated heterocycles. The summed E-state index contributed by atoms with van der Waals surface area (Å²) in [6.07, 6.45) is 5.07. The molecule has 1 heterocycles. The lowest BCUT2D eigenvalue weighted by atomic mass is 10.2. The predicted octanol–water partition coefficient (Wildman–Crippen LogP) is 2.04. The van der Waals surface area contributed by atoms with Crippen molar-refractivity contribution < 1.29 is 0 Å². The van der Waals surface area contributed by atoms with E-state index in [1.165, 1.54) is 12.8 Å². The minimum atomic E-state index is 0.377. The van der Waals surface area contributed by atoms with Crippen LogP contribution in [0.5, 0.6) is 0 Å². The lowest BCUT2D eigenvalue weighted by molar-refractivity contribution is 0.701. The Labute approximate surface area is 101 Å². The number of rotatable bonds is 6. The number of halogens is 1. The first-order valence-corrected chi connectivity index (χ1v) is 5.77. The zero-order valence-corrected chi connectivity index (χ0v) is 10.5. The van der Waals surface area contributed by atoms with Crippen LogP contribution in [0, 0.1) is 0 Å². The summed E-state index contributed by atoms with van der Waals surface area (Å²) in [6, 6.07) is 0. The Bertz CT molecular complexity index is 331.